The van der Waals surface area contributed by atoms with E-state index in [2.05, 4.69) is 35.9 Å². The van der Waals surface area contributed by atoms with Gasteiger partial charge in [0.15, 0.2) is 0 Å². The van der Waals surface area contributed by atoms with Crippen LogP contribution in [-0.4, -0.2) is 16.1 Å². The van der Waals surface area contributed by atoms with Crippen molar-refractivity contribution in [3.8, 4) is 0 Å². The summed E-state index contributed by atoms with van der Waals surface area (Å²) >= 11 is 0. The predicted octanol–water partition coefficient (Wildman–Crippen LogP) is 3.23. The standard InChI is InChI=1S/C17H18N2O2/c1-11-6-13-10-19(14-4-3-5-18-9-14)16(8-17(20)21)15(13)7-12(11)2/h3-7,9,16H,8,10H2,1-2H3,(H,20,21). The van der Waals surface area contributed by atoms with Crippen LogP contribution in [0.2, 0.25) is 0 Å². The molecule has 2 heterocycles. The Kier molecular flexibility index (Phi) is 3.37. The average Bonchev–Trinajstić information content (AvgIpc) is 2.78. The molecule has 21 heavy (non-hydrogen) atoms. The molecule has 0 fully saturated rings. The lowest BCUT2D eigenvalue weighted by Crippen LogP contribution is -2.23. The maximum absolute atomic E-state index is 11.3. The van der Waals surface area contributed by atoms with Crippen molar-refractivity contribution in [1.29, 1.82) is 0 Å². The lowest BCUT2D eigenvalue weighted by Gasteiger charge is -2.25. The zero-order valence-electron chi connectivity index (χ0n) is 12.2. The molecular weight excluding hydrogens is 264 g/mol. The fourth-order valence-corrected chi connectivity index (χ4v) is 2.99. The van der Waals surface area contributed by atoms with E-state index in [9.17, 15) is 9.90 Å². The van der Waals surface area contributed by atoms with Gasteiger partial charge in [0, 0.05) is 12.7 Å². The lowest BCUT2D eigenvalue weighted by atomic mass is 9.97. The Bertz CT molecular complexity index is 683. The van der Waals surface area contributed by atoms with Gasteiger partial charge in [-0.05, 0) is 48.2 Å². The molecule has 0 bridgehead atoms. The van der Waals surface area contributed by atoms with Crippen LogP contribution in [0.25, 0.3) is 0 Å². The van der Waals surface area contributed by atoms with E-state index in [-0.39, 0.29) is 12.5 Å². The highest BCUT2D eigenvalue weighted by Gasteiger charge is 2.32. The number of carboxylic acid groups (broad SMARTS) is 1. The van der Waals surface area contributed by atoms with Crippen LogP contribution in [0, 0.1) is 13.8 Å². The number of anilines is 1. The minimum Gasteiger partial charge on any atom is -0.481 e. The minimum absolute atomic E-state index is 0.102. The Morgan fingerprint density at radius 3 is 2.81 bits per heavy atom. The predicted molar refractivity (Wildman–Crippen MR) is 81.3 cm³/mol. The third-order valence-electron chi connectivity index (χ3n) is 4.18. The molecule has 1 aliphatic rings. The first-order valence-electron chi connectivity index (χ1n) is 7.04. The summed E-state index contributed by atoms with van der Waals surface area (Å²) in [6.45, 7) is 4.90. The second-order valence-corrected chi connectivity index (χ2v) is 5.59. The third-order valence-corrected chi connectivity index (χ3v) is 4.18. The molecule has 1 aliphatic heterocycles. The highest BCUT2D eigenvalue weighted by molar-refractivity contribution is 5.70. The Hall–Kier alpha value is -2.36. The van der Waals surface area contributed by atoms with E-state index in [4.69, 9.17) is 0 Å². The Morgan fingerprint density at radius 1 is 1.38 bits per heavy atom. The molecule has 1 atom stereocenters. The highest BCUT2D eigenvalue weighted by Crippen LogP contribution is 2.40. The smallest absolute Gasteiger partial charge is 0.305 e. The van der Waals surface area contributed by atoms with E-state index in [1.54, 1.807) is 12.4 Å². The second-order valence-electron chi connectivity index (χ2n) is 5.59. The average molecular weight is 282 g/mol. The van der Waals surface area contributed by atoms with Crippen molar-refractivity contribution >= 4 is 11.7 Å². The van der Waals surface area contributed by atoms with Gasteiger partial charge in [-0.2, -0.15) is 0 Å². The molecule has 108 valence electrons. The van der Waals surface area contributed by atoms with Crippen LogP contribution in [0.15, 0.2) is 36.7 Å². The summed E-state index contributed by atoms with van der Waals surface area (Å²) in [6.07, 6.45) is 3.62. The number of pyridine rings is 1. The SMILES string of the molecule is Cc1cc2c(cc1C)C(CC(=O)O)N(c1cccnc1)C2. The second kappa shape index (κ2) is 5.20. The van der Waals surface area contributed by atoms with Gasteiger partial charge in [0.25, 0.3) is 0 Å². The molecule has 1 aromatic heterocycles. The quantitative estimate of drug-likeness (QED) is 0.939. The number of aryl methyl sites for hydroxylation is 2. The van der Waals surface area contributed by atoms with Crippen LogP contribution < -0.4 is 4.90 Å². The van der Waals surface area contributed by atoms with Crippen LogP contribution in [0.1, 0.15) is 34.7 Å². The molecule has 3 rings (SSSR count). The summed E-state index contributed by atoms with van der Waals surface area (Å²) < 4.78 is 0. The summed E-state index contributed by atoms with van der Waals surface area (Å²) in [5.41, 5.74) is 5.76. The van der Waals surface area contributed by atoms with Crippen molar-refractivity contribution in [1.82, 2.24) is 4.98 Å². The number of rotatable bonds is 3. The van der Waals surface area contributed by atoms with E-state index < -0.39 is 5.97 Å². The monoisotopic (exact) mass is 282 g/mol. The van der Waals surface area contributed by atoms with Crippen LogP contribution in [0.4, 0.5) is 5.69 Å². The number of hydrogen-bond acceptors (Lipinski definition) is 3. The topological polar surface area (TPSA) is 53.4 Å². The first-order valence-corrected chi connectivity index (χ1v) is 7.04. The maximum atomic E-state index is 11.3. The van der Waals surface area contributed by atoms with Gasteiger partial charge >= 0.3 is 5.97 Å². The third kappa shape index (κ3) is 2.49. The zero-order valence-corrected chi connectivity index (χ0v) is 12.2. The van der Waals surface area contributed by atoms with Gasteiger partial charge in [-0.3, -0.25) is 9.78 Å². The zero-order chi connectivity index (χ0) is 15.0. The summed E-state index contributed by atoms with van der Waals surface area (Å²) in [4.78, 5) is 17.5. The molecule has 1 N–H and O–H groups in total. The molecule has 2 aromatic rings. The number of aromatic nitrogens is 1. The molecule has 1 unspecified atom stereocenters. The fourth-order valence-electron chi connectivity index (χ4n) is 2.99. The molecule has 0 spiro atoms. The molecule has 0 radical (unpaired) electrons. The Labute approximate surface area is 124 Å². The Morgan fingerprint density at radius 2 is 2.14 bits per heavy atom. The summed E-state index contributed by atoms with van der Waals surface area (Å²) in [7, 11) is 0. The number of aliphatic carboxylic acids is 1. The van der Waals surface area contributed by atoms with E-state index in [1.807, 2.05) is 12.1 Å². The van der Waals surface area contributed by atoms with Gasteiger partial charge in [-0.1, -0.05) is 12.1 Å². The summed E-state index contributed by atoms with van der Waals surface area (Å²) in [5, 5.41) is 9.25. The van der Waals surface area contributed by atoms with E-state index in [0.717, 1.165) is 17.8 Å². The first kappa shape index (κ1) is 13.6. The molecule has 0 amide bonds. The van der Waals surface area contributed by atoms with E-state index in [1.165, 1.54) is 16.7 Å². The largest absolute Gasteiger partial charge is 0.481 e. The van der Waals surface area contributed by atoms with Gasteiger partial charge in [0.1, 0.15) is 0 Å². The van der Waals surface area contributed by atoms with Crippen molar-refractivity contribution < 1.29 is 9.90 Å². The number of hydrogen-bond donors (Lipinski definition) is 1. The van der Waals surface area contributed by atoms with Crippen LogP contribution in [-0.2, 0) is 11.3 Å². The molecule has 0 aliphatic carbocycles. The number of benzene rings is 1. The molecule has 4 heteroatoms. The van der Waals surface area contributed by atoms with Crippen molar-refractivity contribution in [2.45, 2.75) is 32.9 Å². The number of carboxylic acids is 1. The molecule has 1 aromatic carbocycles. The van der Waals surface area contributed by atoms with E-state index in [0.29, 0.717) is 0 Å². The molecule has 0 saturated carbocycles. The highest BCUT2D eigenvalue weighted by atomic mass is 16.4. The van der Waals surface area contributed by atoms with Crippen LogP contribution in [0.3, 0.4) is 0 Å². The van der Waals surface area contributed by atoms with Crippen LogP contribution in [0.5, 0.6) is 0 Å². The van der Waals surface area contributed by atoms with Crippen molar-refractivity contribution in [2.75, 3.05) is 4.90 Å². The van der Waals surface area contributed by atoms with Crippen molar-refractivity contribution in [2.24, 2.45) is 0 Å². The van der Waals surface area contributed by atoms with Gasteiger partial charge in [-0.25, -0.2) is 0 Å². The normalized spacial score (nSPS) is 16.9. The molecule has 0 saturated heterocycles. The summed E-state index contributed by atoms with van der Waals surface area (Å²) in [6, 6.07) is 8.05. The number of fused-ring (bicyclic) bond motifs is 1. The number of nitrogens with zero attached hydrogens (tertiary/aromatic N) is 2. The van der Waals surface area contributed by atoms with E-state index >= 15 is 0 Å². The minimum atomic E-state index is -0.778. The van der Waals surface area contributed by atoms with Crippen molar-refractivity contribution in [3.05, 3.63) is 58.9 Å². The van der Waals surface area contributed by atoms with Gasteiger partial charge in [0.05, 0.1) is 24.3 Å². The lowest BCUT2D eigenvalue weighted by molar-refractivity contribution is -0.137. The first-order chi connectivity index (χ1) is 10.1. The van der Waals surface area contributed by atoms with Gasteiger partial charge in [-0.15, -0.1) is 0 Å². The van der Waals surface area contributed by atoms with Gasteiger partial charge < -0.3 is 10.0 Å². The molecule has 4 nitrogen and oxygen atoms in total. The van der Waals surface area contributed by atoms with Crippen LogP contribution >= 0.6 is 0 Å². The molecular formula is C17H18N2O2. The Balaban J connectivity index is 2.05. The van der Waals surface area contributed by atoms with Crippen molar-refractivity contribution in [3.63, 3.8) is 0 Å². The van der Waals surface area contributed by atoms with Gasteiger partial charge in [0.2, 0.25) is 0 Å². The maximum Gasteiger partial charge on any atom is 0.305 e. The fraction of sp³-hybridized carbons (Fsp3) is 0.294. The number of carbonyl (C=O) groups is 1. The summed E-state index contributed by atoms with van der Waals surface area (Å²) in [5.74, 6) is -0.778.